The topological polar surface area (TPSA) is 48.9 Å². The van der Waals surface area contributed by atoms with Crippen LogP contribution in [0.2, 0.25) is 0 Å². The van der Waals surface area contributed by atoms with Gasteiger partial charge in [-0.15, -0.1) is 11.3 Å². The Balaban J connectivity index is 1.56. The van der Waals surface area contributed by atoms with E-state index in [4.69, 9.17) is 4.74 Å². The van der Waals surface area contributed by atoms with Crippen molar-refractivity contribution in [3.05, 3.63) is 52.2 Å². The fourth-order valence-electron chi connectivity index (χ4n) is 3.80. The van der Waals surface area contributed by atoms with E-state index in [1.165, 1.54) is 29.8 Å². The molecule has 27 heavy (non-hydrogen) atoms. The number of likely N-dealkylation sites (tertiary alicyclic amines) is 1. The van der Waals surface area contributed by atoms with Gasteiger partial charge >= 0.3 is 0 Å². The Morgan fingerprint density at radius 1 is 1.30 bits per heavy atom. The summed E-state index contributed by atoms with van der Waals surface area (Å²) < 4.78 is 5.29. The molecule has 0 radical (unpaired) electrons. The maximum absolute atomic E-state index is 5.29. The number of benzene rings is 1. The molecule has 2 heterocycles. The second kappa shape index (κ2) is 9.76. The minimum Gasteiger partial charge on any atom is -0.497 e. The van der Waals surface area contributed by atoms with Gasteiger partial charge in [0.1, 0.15) is 5.75 Å². The van der Waals surface area contributed by atoms with Gasteiger partial charge in [-0.25, -0.2) is 0 Å². The summed E-state index contributed by atoms with van der Waals surface area (Å²) in [4.78, 5) is 8.34. The molecule has 1 saturated heterocycles. The summed E-state index contributed by atoms with van der Waals surface area (Å²) in [6.45, 7) is 2.81. The first-order valence-corrected chi connectivity index (χ1v) is 10.4. The second-order valence-electron chi connectivity index (χ2n) is 7.00. The highest BCUT2D eigenvalue weighted by atomic mass is 32.1. The molecule has 1 aromatic heterocycles. The van der Waals surface area contributed by atoms with Crippen LogP contribution in [0.25, 0.3) is 0 Å². The smallest absolute Gasteiger partial charge is 0.191 e. The monoisotopic (exact) mass is 386 g/mol. The van der Waals surface area contributed by atoms with Crippen molar-refractivity contribution >= 4 is 17.3 Å². The van der Waals surface area contributed by atoms with Crippen molar-refractivity contribution in [2.24, 2.45) is 10.9 Å². The minimum absolute atomic E-state index is 0.489. The predicted octanol–water partition coefficient (Wildman–Crippen LogP) is 3.50. The van der Waals surface area contributed by atoms with Gasteiger partial charge in [-0.3, -0.25) is 9.89 Å². The lowest BCUT2D eigenvalue weighted by molar-refractivity contribution is 0.125. The third kappa shape index (κ3) is 5.23. The van der Waals surface area contributed by atoms with Crippen LogP contribution in [0.1, 0.15) is 29.3 Å². The number of nitrogens with zero attached hydrogens (tertiary/aromatic N) is 2. The number of ether oxygens (including phenoxy) is 1. The lowest BCUT2D eigenvalue weighted by atomic mass is 9.88. The van der Waals surface area contributed by atoms with Gasteiger partial charge < -0.3 is 15.4 Å². The number of hydrogen-bond acceptors (Lipinski definition) is 4. The molecule has 0 spiro atoms. The van der Waals surface area contributed by atoms with Gasteiger partial charge in [-0.05, 0) is 61.5 Å². The molecule has 2 unspecified atom stereocenters. The third-order valence-corrected chi connectivity index (χ3v) is 6.13. The van der Waals surface area contributed by atoms with Gasteiger partial charge in [-0.2, -0.15) is 0 Å². The molecule has 1 aliphatic heterocycles. The molecule has 1 aromatic carbocycles. The summed E-state index contributed by atoms with van der Waals surface area (Å²) in [5, 5.41) is 9.12. The fraction of sp³-hybridized carbons (Fsp3) is 0.476. The van der Waals surface area contributed by atoms with E-state index in [0.717, 1.165) is 24.8 Å². The van der Waals surface area contributed by atoms with Crippen LogP contribution in [0.15, 0.2) is 46.8 Å². The van der Waals surface area contributed by atoms with Crippen molar-refractivity contribution in [3.63, 3.8) is 0 Å². The molecule has 2 atom stereocenters. The van der Waals surface area contributed by atoms with Crippen molar-refractivity contribution in [1.82, 2.24) is 15.5 Å². The van der Waals surface area contributed by atoms with Crippen LogP contribution in [0.3, 0.4) is 0 Å². The quantitative estimate of drug-likeness (QED) is 0.589. The number of thiophene rings is 1. The molecule has 0 bridgehead atoms. The Morgan fingerprint density at radius 3 is 2.93 bits per heavy atom. The molecular weight excluding hydrogens is 356 g/mol. The van der Waals surface area contributed by atoms with Crippen LogP contribution in [-0.4, -0.2) is 45.2 Å². The lowest BCUT2D eigenvalue weighted by Crippen LogP contribution is -2.44. The SMILES string of the molecule is CN=C(NCc1cccc(OC)c1)NCC1CCCN(C)C1c1cccs1. The molecule has 6 heteroatoms. The predicted molar refractivity (Wildman–Crippen MR) is 114 cm³/mol. The Bertz CT molecular complexity index is 732. The Labute approximate surface area is 166 Å². The lowest BCUT2D eigenvalue weighted by Gasteiger charge is -2.39. The minimum atomic E-state index is 0.489. The highest BCUT2D eigenvalue weighted by Crippen LogP contribution is 2.36. The van der Waals surface area contributed by atoms with Gasteiger partial charge in [0.2, 0.25) is 0 Å². The van der Waals surface area contributed by atoms with E-state index in [0.29, 0.717) is 12.0 Å². The Hall–Kier alpha value is -2.05. The van der Waals surface area contributed by atoms with E-state index in [9.17, 15) is 0 Å². The average Bonchev–Trinajstić information content (AvgIpc) is 3.22. The van der Waals surface area contributed by atoms with E-state index in [1.807, 2.05) is 36.6 Å². The number of guanidine groups is 1. The van der Waals surface area contributed by atoms with Crippen LogP contribution < -0.4 is 15.4 Å². The molecule has 0 saturated carbocycles. The summed E-state index contributed by atoms with van der Waals surface area (Å²) in [6, 6.07) is 13.0. The summed E-state index contributed by atoms with van der Waals surface area (Å²) in [5.74, 6) is 2.30. The zero-order chi connectivity index (χ0) is 19.1. The van der Waals surface area contributed by atoms with Crippen molar-refractivity contribution in [1.29, 1.82) is 0 Å². The summed E-state index contributed by atoms with van der Waals surface area (Å²) in [7, 11) is 5.76. The number of piperidine rings is 1. The summed E-state index contributed by atoms with van der Waals surface area (Å²) >= 11 is 1.86. The van der Waals surface area contributed by atoms with Gasteiger partial charge in [0.15, 0.2) is 5.96 Å². The van der Waals surface area contributed by atoms with E-state index < -0.39 is 0 Å². The number of aliphatic imine (C=N–C) groups is 1. The van der Waals surface area contributed by atoms with E-state index in [-0.39, 0.29) is 0 Å². The Kier molecular flexibility index (Phi) is 7.12. The highest BCUT2D eigenvalue weighted by molar-refractivity contribution is 7.10. The zero-order valence-corrected chi connectivity index (χ0v) is 17.3. The second-order valence-corrected chi connectivity index (χ2v) is 7.98. The summed E-state index contributed by atoms with van der Waals surface area (Å²) in [5.41, 5.74) is 1.17. The molecule has 5 nitrogen and oxygen atoms in total. The van der Waals surface area contributed by atoms with Crippen molar-refractivity contribution in [2.45, 2.75) is 25.4 Å². The van der Waals surface area contributed by atoms with Gasteiger partial charge in [-0.1, -0.05) is 18.2 Å². The molecule has 0 aliphatic carbocycles. The largest absolute Gasteiger partial charge is 0.497 e. The van der Waals surface area contributed by atoms with E-state index in [2.05, 4.69) is 51.2 Å². The molecule has 1 fully saturated rings. The number of methoxy groups -OCH3 is 1. The zero-order valence-electron chi connectivity index (χ0n) is 16.4. The number of hydrogen-bond donors (Lipinski definition) is 2. The maximum atomic E-state index is 5.29. The van der Waals surface area contributed by atoms with Crippen LogP contribution in [0, 0.1) is 5.92 Å². The van der Waals surface area contributed by atoms with E-state index >= 15 is 0 Å². The van der Waals surface area contributed by atoms with Gasteiger partial charge in [0.25, 0.3) is 0 Å². The van der Waals surface area contributed by atoms with Crippen LogP contribution in [0.5, 0.6) is 5.75 Å². The first-order valence-electron chi connectivity index (χ1n) is 9.52. The molecule has 0 amide bonds. The Morgan fingerprint density at radius 2 is 2.19 bits per heavy atom. The van der Waals surface area contributed by atoms with Crippen molar-refractivity contribution < 1.29 is 4.74 Å². The maximum Gasteiger partial charge on any atom is 0.191 e. The molecule has 3 rings (SSSR count). The van der Waals surface area contributed by atoms with Crippen LogP contribution in [-0.2, 0) is 6.54 Å². The van der Waals surface area contributed by atoms with E-state index in [1.54, 1.807) is 7.11 Å². The fourth-order valence-corrected chi connectivity index (χ4v) is 4.78. The number of nitrogens with one attached hydrogen (secondary N) is 2. The first-order chi connectivity index (χ1) is 13.2. The average molecular weight is 387 g/mol. The molecule has 2 N–H and O–H groups in total. The molecule has 2 aromatic rings. The molecular formula is C21H30N4OS. The highest BCUT2D eigenvalue weighted by Gasteiger charge is 2.31. The third-order valence-electron chi connectivity index (χ3n) is 5.19. The van der Waals surface area contributed by atoms with Crippen LogP contribution in [0.4, 0.5) is 0 Å². The summed E-state index contributed by atoms with van der Waals surface area (Å²) in [6.07, 6.45) is 2.49. The first kappa shape index (κ1) is 19.7. The van der Waals surface area contributed by atoms with Crippen LogP contribution >= 0.6 is 11.3 Å². The molecule has 1 aliphatic rings. The van der Waals surface area contributed by atoms with Crippen molar-refractivity contribution in [2.75, 3.05) is 34.3 Å². The number of rotatable bonds is 6. The standard InChI is InChI=1S/C21H30N4OS/c1-22-21(23-14-16-7-4-9-18(13-16)26-3)24-15-17-8-5-11-25(2)20(17)19-10-6-12-27-19/h4,6-7,9-10,12-13,17,20H,5,8,11,14-15H2,1-3H3,(H2,22,23,24). The normalized spacial score (nSPS) is 21.1. The van der Waals surface area contributed by atoms with Gasteiger partial charge in [0, 0.05) is 31.1 Å². The molecule has 146 valence electrons. The van der Waals surface area contributed by atoms with Crippen molar-refractivity contribution in [3.8, 4) is 5.75 Å². The van der Waals surface area contributed by atoms with Gasteiger partial charge in [0.05, 0.1) is 7.11 Å².